The molecule has 0 atom stereocenters. The van der Waals surface area contributed by atoms with Crippen LogP contribution in [0.15, 0.2) is 24.3 Å². The van der Waals surface area contributed by atoms with E-state index < -0.39 is 5.97 Å². The fourth-order valence-corrected chi connectivity index (χ4v) is 1.03. The second-order valence-corrected chi connectivity index (χ2v) is 2.39. The first-order valence-corrected chi connectivity index (χ1v) is 3.90. The quantitative estimate of drug-likeness (QED) is 0.782. The summed E-state index contributed by atoms with van der Waals surface area (Å²) in [7, 11) is 1.50. The van der Waals surface area contributed by atoms with E-state index in [1.165, 1.54) is 7.11 Å². The molecule has 0 spiro atoms. The van der Waals surface area contributed by atoms with Crippen LogP contribution in [0.3, 0.4) is 0 Å². The first-order valence-electron chi connectivity index (χ1n) is 3.25. The number of para-hydroxylation sites is 1. The van der Waals surface area contributed by atoms with Crippen LogP contribution in [0.25, 0.3) is 0 Å². The molecule has 1 rings (SSSR count). The van der Waals surface area contributed by atoms with Gasteiger partial charge in [0.05, 0.1) is 7.11 Å². The van der Waals surface area contributed by atoms with Crippen LogP contribution >= 0.6 is 16.3 Å². The molecule has 4 heteroatoms. The lowest BCUT2D eigenvalue weighted by Gasteiger charge is -2.03. The maximum Gasteiger partial charge on any atom is 0.353 e. The van der Waals surface area contributed by atoms with Crippen molar-refractivity contribution in [3.8, 4) is 5.75 Å². The van der Waals surface area contributed by atoms with Gasteiger partial charge < -0.3 is 8.57 Å². The van der Waals surface area contributed by atoms with E-state index in [1.54, 1.807) is 24.3 Å². The number of rotatable bonds is 2. The Labute approximate surface area is 78.7 Å². The average Bonchev–Trinajstić information content (AvgIpc) is 2.16. The van der Waals surface area contributed by atoms with Gasteiger partial charge in [0, 0.05) is 0 Å². The third kappa shape index (κ3) is 1.76. The highest BCUT2D eigenvalue weighted by molar-refractivity contribution is 9.06. The number of carbonyl (C=O) groups excluding carboxylic acids is 1. The molecule has 0 amide bonds. The molecule has 0 N–H and O–H groups in total. The van der Waals surface area contributed by atoms with Crippen LogP contribution in [-0.4, -0.2) is 13.1 Å². The lowest BCUT2D eigenvalue weighted by atomic mass is 10.2. The highest BCUT2D eigenvalue weighted by Gasteiger charge is 2.11. The second kappa shape index (κ2) is 4.11. The van der Waals surface area contributed by atoms with Gasteiger partial charge in [-0.1, -0.05) is 12.1 Å². The summed E-state index contributed by atoms with van der Waals surface area (Å²) >= 11 is 2.61. The largest absolute Gasteiger partial charge is 0.496 e. The molecule has 0 bridgehead atoms. The minimum absolute atomic E-state index is 0.400. The molecule has 1 aromatic carbocycles. The topological polar surface area (TPSA) is 35.5 Å². The van der Waals surface area contributed by atoms with Crippen molar-refractivity contribution in [2.45, 2.75) is 0 Å². The smallest absolute Gasteiger partial charge is 0.353 e. The molecule has 0 fully saturated rings. The van der Waals surface area contributed by atoms with Crippen LogP contribution < -0.4 is 4.74 Å². The molecule has 0 aromatic heterocycles. The van der Waals surface area contributed by atoms with Gasteiger partial charge in [-0.05, 0) is 12.1 Å². The molecule has 12 heavy (non-hydrogen) atoms. The molecule has 0 saturated heterocycles. The molecule has 0 saturated carbocycles. The van der Waals surface area contributed by atoms with Crippen LogP contribution in [0.1, 0.15) is 10.4 Å². The van der Waals surface area contributed by atoms with Crippen LogP contribution in [0, 0.1) is 0 Å². The summed E-state index contributed by atoms with van der Waals surface area (Å²) in [6, 6.07) is 6.84. The molecule has 0 heterocycles. The molecule has 1 aromatic rings. The summed E-state index contributed by atoms with van der Waals surface area (Å²) in [6.07, 6.45) is 0. The van der Waals surface area contributed by atoms with Gasteiger partial charge in [-0.15, -0.1) is 0 Å². The van der Waals surface area contributed by atoms with Crippen molar-refractivity contribution in [3.05, 3.63) is 29.8 Å². The van der Waals surface area contributed by atoms with E-state index in [4.69, 9.17) is 4.74 Å². The SMILES string of the molecule is COc1ccccc1C(=O)OBr. The van der Waals surface area contributed by atoms with Crippen LogP contribution in [0.2, 0.25) is 0 Å². The van der Waals surface area contributed by atoms with Gasteiger partial charge in [-0.3, -0.25) is 0 Å². The summed E-state index contributed by atoms with van der Waals surface area (Å²) in [4.78, 5) is 11.0. The summed E-state index contributed by atoms with van der Waals surface area (Å²) < 4.78 is 9.32. The number of methoxy groups -OCH3 is 1. The Morgan fingerprint density at radius 2 is 2.08 bits per heavy atom. The molecular formula is C8H7BrO3. The third-order valence-electron chi connectivity index (χ3n) is 1.40. The van der Waals surface area contributed by atoms with Gasteiger partial charge in [0.1, 0.15) is 11.3 Å². The number of carbonyl (C=O) groups is 1. The standard InChI is InChI=1S/C8H7BrO3/c1-11-7-5-3-2-4-6(7)8(10)12-9/h2-5H,1H3. The molecular weight excluding hydrogens is 224 g/mol. The number of hydrogen-bond donors (Lipinski definition) is 0. The van der Waals surface area contributed by atoms with E-state index in [0.717, 1.165) is 0 Å². The normalized spacial score (nSPS) is 9.17. The van der Waals surface area contributed by atoms with Crippen LogP contribution in [-0.2, 0) is 3.83 Å². The van der Waals surface area contributed by atoms with Gasteiger partial charge in [-0.25, -0.2) is 4.79 Å². The number of halogens is 1. The molecule has 0 aliphatic carbocycles. The van der Waals surface area contributed by atoms with Crippen LogP contribution in [0.5, 0.6) is 5.75 Å². The number of hydrogen-bond acceptors (Lipinski definition) is 3. The van der Waals surface area contributed by atoms with Gasteiger partial charge in [0.15, 0.2) is 16.3 Å². The van der Waals surface area contributed by atoms with Crippen molar-refractivity contribution in [3.63, 3.8) is 0 Å². The van der Waals surface area contributed by atoms with Gasteiger partial charge in [-0.2, -0.15) is 0 Å². The first-order chi connectivity index (χ1) is 5.79. The average molecular weight is 231 g/mol. The third-order valence-corrected chi connectivity index (χ3v) is 1.69. The Morgan fingerprint density at radius 3 is 2.67 bits per heavy atom. The van der Waals surface area contributed by atoms with Crippen LogP contribution in [0.4, 0.5) is 0 Å². The molecule has 0 unspecified atom stereocenters. The van der Waals surface area contributed by atoms with E-state index in [0.29, 0.717) is 11.3 Å². The van der Waals surface area contributed by atoms with E-state index in [2.05, 4.69) is 20.1 Å². The van der Waals surface area contributed by atoms with Crippen molar-refractivity contribution in [1.29, 1.82) is 0 Å². The molecule has 64 valence electrons. The predicted octanol–water partition coefficient (Wildman–Crippen LogP) is 2.16. The maximum absolute atomic E-state index is 11.0. The highest BCUT2D eigenvalue weighted by atomic mass is 79.9. The van der Waals surface area contributed by atoms with E-state index in [-0.39, 0.29) is 0 Å². The predicted molar refractivity (Wildman–Crippen MR) is 47.3 cm³/mol. The molecule has 0 radical (unpaired) electrons. The Kier molecular flexibility index (Phi) is 3.10. The fourth-order valence-electron chi connectivity index (χ4n) is 0.855. The number of benzene rings is 1. The van der Waals surface area contributed by atoms with Crippen molar-refractivity contribution < 1.29 is 13.4 Å². The zero-order valence-electron chi connectivity index (χ0n) is 6.41. The zero-order valence-corrected chi connectivity index (χ0v) is 8.00. The monoisotopic (exact) mass is 230 g/mol. The Hall–Kier alpha value is -1.03. The molecule has 0 aliphatic heterocycles. The minimum Gasteiger partial charge on any atom is -0.496 e. The maximum atomic E-state index is 11.0. The number of ether oxygens (including phenoxy) is 1. The van der Waals surface area contributed by atoms with E-state index in [9.17, 15) is 4.79 Å². The summed E-state index contributed by atoms with van der Waals surface area (Å²) in [6.45, 7) is 0. The molecule has 0 aliphatic rings. The van der Waals surface area contributed by atoms with Gasteiger partial charge in [0.25, 0.3) is 0 Å². The lowest BCUT2D eigenvalue weighted by molar-refractivity contribution is 0.0778. The minimum atomic E-state index is -0.465. The second-order valence-electron chi connectivity index (χ2n) is 2.06. The summed E-state index contributed by atoms with van der Waals surface area (Å²) in [5.74, 6) is 0.0365. The zero-order chi connectivity index (χ0) is 8.97. The van der Waals surface area contributed by atoms with E-state index >= 15 is 0 Å². The highest BCUT2D eigenvalue weighted by Crippen LogP contribution is 2.18. The van der Waals surface area contributed by atoms with Crippen molar-refractivity contribution in [1.82, 2.24) is 0 Å². The Balaban J connectivity index is 3.04. The van der Waals surface area contributed by atoms with Gasteiger partial charge >= 0.3 is 5.97 Å². The van der Waals surface area contributed by atoms with Gasteiger partial charge in [0.2, 0.25) is 0 Å². The Morgan fingerprint density at radius 1 is 1.42 bits per heavy atom. The molecule has 3 nitrogen and oxygen atoms in total. The van der Waals surface area contributed by atoms with Crippen molar-refractivity contribution >= 4 is 22.2 Å². The summed E-state index contributed by atoms with van der Waals surface area (Å²) in [5, 5.41) is 0. The Bertz CT molecular complexity index is 285. The lowest BCUT2D eigenvalue weighted by Crippen LogP contribution is -2.00. The fraction of sp³-hybridized carbons (Fsp3) is 0.125. The van der Waals surface area contributed by atoms with Crippen molar-refractivity contribution in [2.24, 2.45) is 0 Å². The first kappa shape index (κ1) is 9.06. The van der Waals surface area contributed by atoms with E-state index in [1.807, 2.05) is 0 Å². The summed E-state index contributed by atoms with van der Waals surface area (Å²) in [5.41, 5.74) is 0.400. The van der Waals surface area contributed by atoms with Crippen molar-refractivity contribution in [2.75, 3.05) is 7.11 Å².